The molecule has 6 nitrogen and oxygen atoms in total. The number of aromatic hydroxyl groups is 1. The Labute approximate surface area is 136 Å². The Morgan fingerprint density at radius 2 is 1.75 bits per heavy atom. The van der Waals surface area contributed by atoms with E-state index in [1.807, 2.05) is 0 Å². The van der Waals surface area contributed by atoms with Crippen molar-refractivity contribution in [2.24, 2.45) is 0 Å². The van der Waals surface area contributed by atoms with Crippen LogP contribution in [0.5, 0.6) is 5.75 Å². The first-order chi connectivity index (χ1) is 11.2. The summed E-state index contributed by atoms with van der Waals surface area (Å²) >= 11 is 0. The number of carbonyl (C=O) groups excluding carboxylic acids is 2. The summed E-state index contributed by atoms with van der Waals surface area (Å²) in [6.45, 7) is 3.42. The predicted octanol–water partition coefficient (Wildman–Crippen LogP) is 1.90. The van der Waals surface area contributed by atoms with Gasteiger partial charge in [0.25, 0.3) is 5.91 Å². The maximum Gasteiger partial charge on any atom is 0.416 e. The number of piperazine rings is 1. The molecule has 1 aliphatic heterocycles. The van der Waals surface area contributed by atoms with Gasteiger partial charge in [0.05, 0.1) is 11.1 Å². The minimum absolute atomic E-state index is 0.186. The molecule has 0 aromatic heterocycles. The Morgan fingerprint density at radius 1 is 1.17 bits per heavy atom. The lowest BCUT2D eigenvalue weighted by Crippen LogP contribution is -2.53. The highest BCUT2D eigenvalue weighted by molar-refractivity contribution is 5.97. The molecule has 0 radical (unpaired) electrons. The lowest BCUT2D eigenvalue weighted by Gasteiger charge is -2.34. The highest BCUT2D eigenvalue weighted by Crippen LogP contribution is 2.33. The number of alkyl halides is 3. The molecule has 1 aromatic carbocycles. The second-order valence-electron chi connectivity index (χ2n) is 5.34. The van der Waals surface area contributed by atoms with Gasteiger partial charge >= 0.3 is 12.2 Å². The number of halogens is 3. The molecule has 1 saturated heterocycles. The quantitative estimate of drug-likeness (QED) is 0.860. The van der Waals surface area contributed by atoms with Crippen molar-refractivity contribution in [3.05, 3.63) is 29.3 Å². The number of phenolic OH excluding ortho intramolecular Hbond substituents is 1. The van der Waals surface area contributed by atoms with Gasteiger partial charge < -0.3 is 20.2 Å². The van der Waals surface area contributed by atoms with Gasteiger partial charge in [-0.2, -0.15) is 13.2 Å². The third kappa shape index (κ3) is 3.90. The second kappa shape index (κ2) is 6.98. The van der Waals surface area contributed by atoms with Crippen LogP contribution in [0.25, 0.3) is 0 Å². The Bertz CT molecular complexity index is 626. The molecule has 1 heterocycles. The van der Waals surface area contributed by atoms with Crippen molar-refractivity contribution in [3.8, 4) is 5.75 Å². The van der Waals surface area contributed by atoms with Gasteiger partial charge in [0, 0.05) is 32.7 Å². The summed E-state index contributed by atoms with van der Waals surface area (Å²) in [4.78, 5) is 27.0. The van der Waals surface area contributed by atoms with Crippen LogP contribution >= 0.6 is 0 Å². The van der Waals surface area contributed by atoms with Crippen LogP contribution in [0.1, 0.15) is 22.8 Å². The molecule has 0 spiro atoms. The predicted molar refractivity (Wildman–Crippen MR) is 79.7 cm³/mol. The summed E-state index contributed by atoms with van der Waals surface area (Å²) in [5.74, 6) is -1.27. The molecule has 0 unspecified atom stereocenters. The molecular formula is C15H18F3N3O3. The smallest absolute Gasteiger partial charge is 0.416 e. The Morgan fingerprint density at radius 3 is 2.25 bits per heavy atom. The average molecular weight is 345 g/mol. The Balaban J connectivity index is 2.04. The lowest BCUT2D eigenvalue weighted by atomic mass is 10.1. The zero-order valence-electron chi connectivity index (χ0n) is 13.1. The van der Waals surface area contributed by atoms with Gasteiger partial charge in [0.2, 0.25) is 0 Å². The van der Waals surface area contributed by atoms with E-state index in [1.165, 1.54) is 4.90 Å². The fourth-order valence-corrected chi connectivity index (χ4v) is 2.43. The highest BCUT2D eigenvalue weighted by atomic mass is 19.4. The maximum atomic E-state index is 12.6. The average Bonchev–Trinajstić information content (AvgIpc) is 2.53. The fraction of sp³-hybridized carbons (Fsp3) is 0.467. The number of benzene rings is 1. The van der Waals surface area contributed by atoms with Crippen molar-refractivity contribution in [2.45, 2.75) is 13.1 Å². The van der Waals surface area contributed by atoms with Crippen LogP contribution in [0.4, 0.5) is 18.0 Å². The highest BCUT2D eigenvalue weighted by Gasteiger charge is 2.32. The van der Waals surface area contributed by atoms with Crippen LogP contribution < -0.4 is 5.32 Å². The van der Waals surface area contributed by atoms with Crippen molar-refractivity contribution >= 4 is 11.9 Å². The Hall–Kier alpha value is -2.45. The minimum atomic E-state index is -4.59. The van der Waals surface area contributed by atoms with E-state index in [0.29, 0.717) is 25.7 Å². The first-order valence-electron chi connectivity index (χ1n) is 7.46. The largest absolute Gasteiger partial charge is 0.507 e. The number of phenols is 1. The normalized spacial score (nSPS) is 15.3. The Kier molecular flexibility index (Phi) is 5.20. The number of nitrogens with one attached hydrogen (secondary N) is 1. The number of nitrogens with zero attached hydrogens (tertiary/aromatic N) is 2. The summed E-state index contributed by atoms with van der Waals surface area (Å²) in [6, 6.07) is 2.05. The number of rotatable bonds is 2. The number of hydrogen-bond acceptors (Lipinski definition) is 3. The van der Waals surface area contributed by atoms with Crippen molar-refractivity contribution in [1.82, 2.24) is 15.1 Å². The fourth-order valence-electron chi connectivity index (χ4n) is 2.43. The molecule has 2 rings (SSSR count). The molecule has 132 valence electrons. The SMILES string of the molecule is CCNC(=O)N1CCN(C(=O)c2ccc(C(F)(F)F)cc2O)CC1. The van der Waals surface area contributed by atoms with Crippen molar-refractivity contribution < 1.29 is 27.9 Å². The number of amides is 3. The summed E-state index contributed by atoms with van der Waals surface area (Å²) in [5, 5.41) is 12.4. The molecule has 0 aliphatic carbocycles. The van der Waals surface area contributed by atoms with Gasteiger partial charge in [-0.15, -0.1) is 0 Å². The standard InChI is InChI=1S/C15H18F3N3O3/c1-2-19-14(24)21-7-5-20(6-8-21)13(23)11-4-3-10(9-12(11)22)15(16,17)18/h3-4,9,22H,2,5-8H2,1H3,(H,19,24). The third-order valence-corrected chi connectivity index (χ3v) is 3.74. The van der Waals surface area contributed by atoms with Crippen molar-refractivity contribution in [2.75, 3.05) is 32.7 Å². The molecule has 1 aliphatic rings. The van der Waals surface area contributed by atoms with Crippen LogP contribution in [-0.4, -0.2) is 59.6 Å². The molecule has 24 heavy (non-hydrogen) atoms. The van der Waals surface area contributed by atoms with Crippen LogP contribution in [0.15, 0.2) is 18.2 Å². The number of carbonyl (C=O) groups is 2. The van der Waals surface area contributed by atoms with Gasteiger partial charge in [0.1, 0.15) is 5.75 Å². The van der Waals surface area contributed by atoms with E-state index in [1.54, 1.807) is 11.8 Å². The van der Waals surface area contributed by atoms with E-state index in [4.69, 9.17) is 0 Å². The summed E-state index contributed by atoms with van der Waals surface area (Å²) in [7, 11) is 0. The van der Waals surface area contributed by atoms with Crippen LogP contribution in [-0.2, 0) is 6.18 Å². The minimum Gasteiger partial charge on any atom is -0.507 e. The van der Waals surface area contributed by atoms with Gasteiger partial charge in [-0.1, -0.05) is 0 Å². The van der Waals surface area contributed by atoms with Gasteiger partial charge in [0.15, 0.2) is 0 Å². The molecule has 0 atom stereocenters. The zero-order valence-corrected chi connectivity index (χ0v) is 13.1. The molecule has 1 fully saturated rings. The summed E-state index contributed by atoms with van der Waals surface area (Å²) < 4.78 is 37.8. The van der Waals surface area contributed by atoms with E-state index < -0.39 is 23.4 Å². The van der Waals surface area contributed by atoms with E-state index in [0.717, 1.165) is 12.1 Å². The zero-order chi connectivity index (χ0) is 17.9. The molecular weight excluding hydrogens is 327 g/mol. The van der Waals surface area contributed by atoms with Crippen LogP contribution in [0.3, 0.4) is 0 Å². The first-order valence-corrected chi connectivity index (χ1v) is 7.46. The topological polar surface area (TPSA) is 72.9 Å². The van der Waals surface area contributed by atoms with E-state index in [-0.39, 0.29) is 24.7 Å². The molecule has 9 heteroatoms. The number of hydrogen-bond donors (Lipinski definition) is 2. The van der Waals surface area contributed by atoms with Gasteiger partial charge in [-0.3, -0.25) is 4.79 Å². The molecule has 2 N–H and O–H groups in total. The van der Waals surface area contributed by atoms with E-state index in [2.05, 4.69) is 5.32 Å². The molecule has 1 aromatic rings. The molecule has 3 amide bonds. The number of urea groups is 1. The second-order valence-corrected chi connectivity index (χ2v) is 5.34. The maximum absolute atomic E-state index is 12.6. The van der Waals surface area contributed by atoms with Crippen LogP contribution in [0.2, 0.25) is 0 Å². The lowest BCUT2D eigenvalue weighted by molar-refractivity contribution is -0.137. The van der Waals surface area contributed by atoms with E-state index >= 15 is 0 Å². The van der Waals surface area contributed by atoms with Gasteiger partial charge in [-0.05, 0) is 25.1 Å². The van der Waals surface area contributed by atoms with Crippen LogP contribution in [0, 0.1) is 0 Å². The van der Waals surface area contributed by atoms with E-state index in [9.17, 15) is 27.9 Å². The first kappa shape index (κ1) is 17.9. The summed E-state index contributed by atoms with van der Waals surface area (Å²) in [6.07, 6.45) is -4.59. The van der Waals surface area contributed by atoms with Crippen molar-refractivity contribution in [1.29, 1.82) is 0 Å². The monoisotopic (exact) mass is 345 g/mol. The van der Waals surface area contributed by atoms with Crippen molar-refractivity contribution in [3.63, 3.8) is 0 Å². The molecule has 0 saturated carbocycles. The summed E-state index contributed by atoms with van der Waals surface area (Å²) in [5.41, 5.74) is -1.20. The van der Waals surface area contributed by atoms with Gasteiger partial charge in [-0.25, -0.2) is 4.79 Å². The third-order valence-electron chi connectivity index (χ3n) is 3.74. The molecule has 0 bridgehead atoms.